The number of benzene rings is 3. The van der Waals surface area contributed by atoms with Crippen LogP contribution in [0.4, 0.5) is 5.69 Å². The molecule has 0 aromatic heterocycles. The molecule has 0 atom stereocenters. The smallest absolute Gasteiger partial charge is 0.308 e. The largest absolute Gasteiger partial charge is 0.427 e. The van der Waals surface area contributed by atoms with Crippen LogP contribution in [0.1, 0.15) is 33.2 Å². The van der Waals surface area contributed by atoms with E-state index in [0.717, 1.165) is 5.56 Å². The molecule has 0 bridgehead atoms. The number of ether oxygens (including phenoxy) is 1. The highest BCUT2D eigenvalue weighted by atomic mass is 35.5. The first kappa shape index (κ1) is 22.3. The molecule has 0 heterocycles. The number of amides is 2. The molecule has 2 N–H and O–H groups in total. The summed E-state index contributed by atoms with van der Waals surface area (Å²) in [6, 6.07) is 18.0. The van der Waals surface area contributed by atoms with E-state index in [0.29, 0.717) is 32.6 Å². The lowest BCUT2D eigenvalue weighted by molar-refractivity contribution is -0.131. The number of hydrogen-bond acceptors (Lipinski definition) is 4. The molecule has 8 heteroatoms. The SMILES string of the molecule is CC(=O)Oc1cccc(C(=O)Nc2ccc(CNC(=O)c3cc(Cl)ccc3Cl)cc2)c1. The molecule has 0 aliphatic heterocycles. The molecule has 3 rings (SSSR count). The molecule has 158 valence electrons. The van der Waals surface area contributed by atoms with Crippen molar-refractivity contribution in [3.63, 3.8) is 0 Å². The summed E-state index contributed by atoms with van der Waals surface area (Å²) in [5, 5.41) is 6.29. The van der Waals surface area contributed by atoms with Gasteiger partial charge in [-0.1, -0.05) is 41.4 Å². The zero-order valence-electron chi connectivity index (χ0n) is 16.4. The lowest BCUT2D eigenvalue weighted by atomic mass is 10.1. The summed E-state index contributed by atoms with van der Waals surface area (Å²) in [7, 11) is 0. The van der Waals surface area contributed by atoms with Crippen molar-refractivity contribution in [2.24, 2.45) is 0 Å². The van der Waals surface area contributed by atoms with Crippen molar-refractivity contribution in [2.45, 2.75) is 13.5 Å². The van der Waals surface area contributed by atoms with Crippen molar-refractivity contribution in [2.75, 3.05) is 5.32 Å². The summed E-state index contributed by atoms with van der Waals surface area (Å²) in [4.78, 5) is 35.8. The van der Waals surface area contributed by atoms with Crippen LogP contribution in [0.3, 0.4) is 0 Å². The summed E-state index contributed by atoms with van der Waals surface area (Å²) >= 11 is 12.0. The molecule has 0 spiro atoms. The van der Waals surface area contributed by atoms with Crippen molar-refractivity contribution in [1.82, 2.24) is 5.32 Å². The molecule has 31 heavy (non-hydrogen) atoms. The van der Waals surface area contributed by atoms with E-state index in [2.05, 4.69) is 10.6 Å². The van der Waals surface area contributed by atoms with Crippen LogP contribution in [0.5, 0.6) is 5.75 Å². The minimum Gasteiger partial charge on any atom is -0.427 e. The first-order valence-electron chi connectivity index (χ1n) is 9.24. The fourth-order valence-corrected chi connectivity index (χ4v) is 3.10. The number of nitrogens with one attached hydrogen (secondary N) is 2. The average molecular weight is 457 g/mol. The highest BCUT2D eigenvalue weighted by molar-refractivity contribution is 6.35. The zero-order valence-corrected chi connectivity index (χ0v) is 18.0. The van der Waals surface area contributed by atoms with E-state index < -0.39 is 5.97 Å². The summed E-state index contributed by atoms with van der Waals surface area (Å²) < 4.78 is 4.99. The Balaban J connectivity index is 1.59. The Kier molecular flexibility index (Phi) is 7.28. The third-order valence-corrected chi connectivity index (χ3v) is 4.76. The van der Waals surface area contributed by atoms with E-state index in [1.807, 2.05) is 0 Å². The Bertz CT molecular complexity index is 1130. The number of carbonyl (C=O) groups is 3. The Morgan fingerprint density at radius 3 is 2.35 bits per heavy atom. The summed E-state index contributed by atoms with van der Waals surface area (Å²) in [6.07, 6.45) is 0. The molecule has 2 amide bonds. The van der Waals surface area contributed by atoms with Crippen molar-refractivity contribution >= 4 is 46.7 Å². The standard InChI is InChI=1S/C23H18Cl2N2O4/c1-14(28)31-19-4-2-3-16(11-19)22(29)27-18-8-5-15(6-9-18)13-26-23(30)20-12-17(24)7-10-21(20)25/h2-12H,13H2,1H3,(H,26,30)(H,27,29). The van der Waals surface area contributed by atoms with Crippen LogP contribution in [-0.2, 0) is 11.3 Å². The van der Waals surface area contributed by atoms with Gasteiger partial charge in [0.05, 0.1) is 10.6 Å². The minimum atomic E-state index is -0.460. The van der Waals surface area contributed by atoms with Crippen molar-refractivity contribution in [3.05, 3.63) is 93.5 Å². The quantitative estimate of drug-likeness (QED) is 0.399. The monoisotopic (exact) mass is 456 g/mol. The topological polar surface area (TPSA) is 84.5 Å². The van der Waals surface area contributed by atoms with E-state index in [9.17, 15) is 14.4 Å². The number of carbonyl (C=O) groups excluding carboxylic acids is 3. The lowest BCUT2D eigenvalue weighted by Crippen LogP contribution is -2.23. The van der Waals surface area contributed by atoms with Gasteiger partial charge in [0.2, 0.25) is 0 Å². The Morgan fingerprint density at radius 2 is 1.65 bits per heavy atom. The van der Waals surface area contributed by atoms with Gasteiger partial charge in [-0.2, -0.15) is 0 Å². The molecule has 0 radical (unpaired) electrons. The molecule has 0 aliphatic carbocycles. The summed E-state index contributed by atoms with van der Waals surface area (Å²) in [5.41, 5.74) is 2.07. The van der Waals surface area contributed by atoms with E-state index in [-0.39, 0.29) is 18.4 Å². The lowest BCUT2D eigenvalue weighted by Gasteiger charge is -2.09. The van der Waals surface area contributed by atoms with Crippen LogP contribution < -0.4 is 15.4 Å². The van der Waals surface area contributed by atoms with E-state index in [1.165, 1.54) is 19.1 Å². The Morgan fingerprint density at radius 1 is 0.903 bits per heavy atom. The second kappa shape index (κ2) is 10.1. The minimum absolute atomic E-state index is 0.278. The molecule has 3 aromatic carbocycles. The summed E-state index contributed by atoms with van der Waals surface area (Å²) in [5.74, 6) is -0.841. The fourth-order valence-electron chi connectivity index (χ4n) is 2.73. The van der Waals surface area contributed by atoms with E-state index in [4.69, 9.17) is 27.9 Å². The van der Waals surface area contributed by atoms with Gasteiger partial charge in [0.15, 0.2) is 0 Å². The molecular formula is C23H18Cl2N2O4. The first-order chi connectivity index (χ1) is 14.8. The molecule has 0 unspecified atom stereocenters. The number of hydrogen-bond donors (Lipinski definition) is 2. The van der Waals surface area contributed by atoms with Gasteiger partial charge in [0.1, 0.15) is 5.75 Å². The van der Waals surface area contributed by atoms with Gasteiger partial charge in [0, 0.05) is 29.7 Å². The molecule has 0 saturated carbocycles. The van der Waals surface area contributed by atoms with Gasteiger partial charge in [-0.25, -0.2) is 0 Å². The first-order valence-corrected chi connectivity index (χ1v) is 9.99. The zero-order chi connectivity index (χ0) is 22.4. The van der Waals surface area contributed by atoms with Crippen molar-refractivity contribution in [3.8, 4) is 5.75 Å². The summed E-state index contributed by atoms with van der Waals surface area (Å²) in [6.45, 7) is 1.57. The molecule has 0 fully saturated rings. The fraction of sp³-hybridized carbons (Fsp3) is 0.0870. The predicted octanol–water partition coefficient (Wildman–Crippen LogP) is 5.10. The van der Waals surface area contributed by atoms with Gasteiger partial charge >= 0.3 is 5.97 Å². The molecule has 0 saturated heterocycles. The van der Waals surface area contributed by atoms with Crippen LogP contribution in [0.15, 0.2) is 66.7 Å². The highest BCUT2D eigenvalue weighted by Crippen LogP contribution is 2.21. The number of esters is 1. The van der Waals surface area contributed by atoms with Crippen LogP contribution in [0.25, 0.3) is 0 Å². The normalized spacial score (nSPS) is 10.3. The second-order valence-electron chi connectivity index (χ2n) is 6.58. The Hall–Kier alpha value is -3.35. The molecule has 3 aromatic rings. The maximum absolute atomic E-state index is 12.4. The second-order valence-corrected chi connectivity index (χ2v) is 7.42. The maximum atomic E-state index is 12.4. The van der Waals surface area contributed by atoms with Crippen molar-refractivity contribution in [1.29, 1.82) is 0 Å². The average Bonchev–Trinajstić information content (AvgIpc) is 2.74. The van der Waals surface area contributed by atoms with Crippen molar-refractivity contribution < 1.29 is 19.1 Å². The molecule has 0 aliphatic rings. The maximum Gasteiger partial charge on any atom is 0.308 e. The van der Waals surface area contributed by atoms with E-state index >= 15 is 0 Å². The third kappa shape index (κ3) is 6.31. The van der Waals surface area contributed by atoms with E-state index in [1.54, 1.807) is 54.6 Å². The van der Waals surface area contributed by atoms with Gasteiger partial charge in [0.25, 0.3) is 11.8 Å². The molecule has 6 nitrogen and oxygen atoms in total. The number of halogens is 2. The van der Waals surface area contributed by atoms with Crippen LogP contribution in [0.2, 0.25) is 10.0 Å². The third-order valence-electron chi connectivity index (χ3n) is 4.20. The van der Waals surface area contributed by atoms with Crippen LogP contribution in [0, 0.1) is 0 Å². The molecular weight excluding hydrogens is 439 g/mol. The van der Waals surface area contributed by atoms with Gasteiger partial charge in [-0.15, -0.1) is 0 Å². The van der Waals surface area contributed by atoms with Gasteiger partial charge in [-0.3, -0.25) is 14.4 Å². The Labute approximate surface area is 189 Å². The van der Waals surface area contributed by atoms with Crippen LogP contribution >= 0.6 is 23.2 Å². The van der Waals surface area contributed by atoms with Gasteiger partial charge in [-0.05, 0) is 54.1 Å². The highest BCUT2D eigenvalue weighted by Gasteiger charge is 2.11. The number of rotatable bonds is 6. The van der Waals surface area contributed by atoms with Crippen LogP contribution in [-0.4, -0.2) is 17.8 Å². The number of anilines is 1. The van der Waals surface area contributed by atoms with Gasteiger partial charge < -0.3 is 15.4 Å². The predicted molar refractivity (Wildman–Crippen MR) is 120 cm³/mol.